The highest BCUT2D eigenvalue weighted by atomic mass is 16.7. The maximum absolute atomic E-state index is 13.1. The molecule has 2 aliphatic heterocycles. The molecule has 5 amide bonds. The summed E-state index contributed by atoms with van der Waals surface area (Å²) in [5.41, 5.74) is 1.37. The molecule has 2 atom stereocenters. The van der Waals surface area contributed by atoms with Crippen molar-refractivity contribution in [3.05, 3.63) is 59.7 Å². The van der Waals surface area contributed by atoms with E-state index < -0.39 is 42.5 Å². The first kappa shape index (κ1) is 33.9. The predicted molar refractivity (Wildman–Crippen MR) is 165 cm³/mol. The number of carboxylic acids is 1. The first-order chi connectivity index (χ1) is 22.3. The van der Waals surface area contributed by atoms with E-state index >= 15 is 0 Å². The van der Waals surface area contributed by atoms with Gasteiger partial charge in [-0.1, -0.05) is 36.4 Å². The summed E-state index contributed by atoms with van der Waals surface area (Å²) in [5.74, 6) is -0.453. The van der Waals surface area contributed by atoms with E-state index in [0.29, 0.717) is 68.9 Å². The molecule has 14 heteroatoms. The van der Waals surface area contributed by atoms with Gasteiger partial charge in [-0.15, -0.1) is 0 Å². The minimum atomic E-state index is -1.12. The molecule has 0 aromatic heterocycles. The van der Waals surface area contributed by atoms with Gasteiger partial charge in [0.2, 0.25) is 18.6 Å². The normalized spacial score (nSPS) is 14.7. The number of carbonyl (C=O) groups excluding carboxylic acids is 4. The first-order valence-electron chi connectivity index (χ1n) is 15.5. The third kappa shape index (κ3) is 10.9. The van der Waals surface area contributed by atoms with E-state index in [1.807, 2.05) is 30.3 Å². The minimum Gasteiger partial charge on any atom is -0.481 e. The SMILES string of the molecule is O=C(O)C[C@H](NC(=O)N[C@@H](CCCCNC(=O)OCc1ccccc1)C(=O)NCCCN1CCCC1=O)c1ccc2c(c1)OCO2. The van der Waals surface area contributed by atoms with Crippen molar-refractivity contribution in [1.82, 2.24) is 26.2 Å². The highest BCUT2D eigenvalue weighted by Gasteiger charge is 2.25. The van der Waals surface area contributed by atoms with Crippen LogP contribution in [0.3, 0.4) is 0 Å². The van der Waals surface area contributed by atoms with Crippen molar-refractivity contribution >= 4 is 29.9 Å². The van der Waals surface area contributed by atoms with Crippen LogP contribution in [0.5, 0.6) is 11.5 Å². The van der Waals surface area contributed by atoms with Crippen LogP contribution in [0.4, 0.5) is 9.59 Å². The summed E-state index contributed by atoms with van der Waals surface area (Å²) in [5, 5.41) is 20.3. The second-order valence-electron chi connectivity index (χ2n) is 11.0. The molecule has 0 spiro atoms. The number of unbranched alkanes of at least 4 members (excludes halogenated alkanes) is 1. The van der Waals surface area contributed by atoms with Gasteiger partial charge in [0.1, 0.15) is 12.6 Å². The van der Waals surface area contributed by atoms with Gasteiger partial charge in [-0.05, 0) is 55.4 Å². The van der Waals surface area contributed by atoms with E-state index in [1.54, 1.807) is 23.1 Å². The summed E-state index contributed by atoms with van der Waals surface area (Å²) in [4.78, 5) is 63.5. The average molecular weight is 640 g/mol. The Bertz CT molecular complexity index is 1360. The Hall–Kier alpha value is -5.01. The van der Waals surface area contributed by atoms with Gasteiger partial charge in [0, 0.05) is 32.6 Å². The van der Waals surface area contributed by atoms with Crippen LogP contribution in [0.15, 0.2) is 48.5 Å². The van der Waals surface area contributed by atoms with Gasteiger partial charge in [0.25, 0.3) is 0 Å². The molecule has 4 rings (SSSR count). The molecule has 0 radical (unpaired) electrons. The van der Waals surface area contributed by atoms with Crippen molar-refractivity contribution in [3.63, 3.8) is 0 Å². The molecule has 2 aromatic carbocycles. The zero-order valence-electron chi connectivity index (χ0n) is 25.6. The van der Waals surface area contributed by atoms with Gasteiger partial charge in [-0.3, -0.25) is 14.4 Å². The van der Waals surface area contributed by atoms with Crippen molar-refractivity contribution in [3.8, 4) is 11.5 Å². The standard InChI is InChI=1S/C32H41N5O9/c38-28-11-6-16-37(28)17-7-15-33-30(41)24(10-4-5-14-34-32(43)44-20-22-8-2-1-3-9-22)35-31(42)36-25(19-29(39)40)23-12-13-26-27(18-23)46-21-45-26/h1-3,8-9,12-13,18,24-25H,4-7,10-11,14-17,19-21H2,(H,33,41)(H,34,43)(H,39,40)(H2,35,36,42)/t24-,25-/m0/s1. The van der Waals surface area contributed by atoms with Gasteiger partial charge in [-0.25, -0.2) is 9.59 Å². The number of carbonyl (C=O) groups is 5. The van der Waals surface area contributed by atoms with Gasteiger partial charge in [-0.2, -0.15) is 0 Å². The lowest BCUT2D eigenvalue weighted by atomic mass is 10.0. The third-order valence-corrected chi connectivity index (χ3v) is 7.58. The van der Waals surface area contributed by atoms with Crippen molar-refractivity contribution in [2.24, 2.45) is 0 Å². The lowest BCUT2D eigenvalue weighted by molar-refractivity contribution is -0.137. The Morgan fingerprint density at radius 2 is 1.72 bits per heavy atom. The number of fused-ring (bicyclic) bond motifs is 1. The zero-order chi connectivity index (χ0) is 32.7. The number of amides is 5. The molecular weight excluding hydrogens is 598 g/mol. The number of nitrogens with one attached hydrogen (secondary N) is 4. The van der Waals surface area contributed by atoms with Crippen molar-refractivity contribution in [2.45, 2.75) is 63.6 Å². The molecule has 46 heavy (non-hydrogen) atoms. The number of hydrogen-bond acceptors (Lipinski definition) is 8. The van der Waals surface area contributed by atoms with Crippen LogP contribution >= 0.6 is 0 Å². The van der Waals surface area contributed by atoms with Crippen molar-refractivity contribution in [1.29, 1.82) is 0 Å². The number of carboxylic acid groups (broad SMARTS) is 1. The molecule has 0 saturated carbocycles. The predicted octanol–water partition coefficient (Wildman–Crippen LogP) is 2.82. The molecule has 14 nitrogen and oxygen atoms in total. The number of rotatable bonds is 17. The number of ether oxygens (including phenoxy) is 3. The lowest BCUT2D eigenvalue weighted by Crippen LogP contribution is -2.51. The maximum Gasteiger partial charge on any atom is 0.407 e. The summed E-state index contributed by atoms with van der Waals surface area (Å²) >= 11 is 0. The topological polar surface area (TPSA) is 185 Å². The lowest BCUT2D eigenvalue weighted by Gasteiger charge is -2.23. The van der Waals surface area contributed by atoms with E-state index in [1.165, 1.54) is 0 Å². The highest BCUT2D eigenvalue weighted by molar-refractivity contribution is 5.87. The van der Waals surface area contributed by atoms with Crippen LogP contribution in [-0.4, -0.2) is 78.9 Å². The van der Waals surface area contributed by atoms with E-state index in [-0.39, 0.29) is 25.7 Å². The first-order valence-corrected chi connectivity index (χ1v) is 15.5. The smallest absolute Gasteiger partial charge is 0.407 e. The number of hydrogen-bond donors (Lipinski definition) is 5. The fourth-order valence-electron chi connectivity index (χ4n) is 5.17. The second kappa shape index (κ2) is 17.5. The van der Waals surface area contributed by atoms with Crippen LogP contribution in [0.25, 0.3) is 0 Å². The van der Waals surface area contributed by atoms with Crippen LogP contribution in [-0.2, 0) is 25.7 Å². The fraction of sp³-hybridized carbons (Fsp3) is 0.469. The van der Waals surface area contributed by atoms with Crippen LogP contribution in [0.1, 0.15) is 62.1 Å². The van der Waals surface area contributed by atoms with Crippen molar-refractivity contribution in [2.75, 3.05) is 33.0 Å². The molecular formula is C32H41N5O9. The summed E-state index contributed by atoms with van der Waals surface area (Å²) in [6.45, 7) is 2.07. The monoisotopic (exact) mass is 639 g/mol. The fourth-order valence-corrected chi connectivity index (χ4v) is 5.17. The number of benzene rings is 2. The molecule has 0 bridgehead atoms. The largest absolute Gasteiger partial charge is 0.481 e. The molecule has 1 fully saturated rings. The van der Waals surface area contributed by atoms with E-state index in [2.05, 4.69) is 21.3 Å². The van der Waals surface area contributed by atoms with E-state index in [4.69, 9.17) is 14.2 Å². The quantitative estimate of drug-likeness (QED) is 0.162. The number of nitrogens with zero attached hydrogens (tertiary/aromatic N) is 1. The summed E-state index contributed by atoms with van der Waals surface area (Å²) in [6, 6.07) is 11.7. The molecule has 0 aliphatic carbocycles. The number of likely N-dealkylation sites (tertiary alicyclic amines) is 1. The summed E-state index contributed by atoms with van der Waals surface area (Å²) in [6.07, 6.45) is 2.26. The summed E-state index contributed by atoms with van der Waals surface area (Å²) in [7, 11) is 0. The molecule has 2 aliphatic rings. The van der Waals surface area contributed by atoms with Crippen molar-refractivity contribution < 1.29 is 43.3 Å². The van der Waals surface area contributed by atoms with Gasteiger partial charge in [0.15, 0.2) is 11.5 Å². The maximum atomic E-state index is 13.1. The molecule has 2 aromatic rings. The number of alkyl carbamates (subject to hydrolysis) is 1. The zero-order valence-corrected chi connectivity index (χ0v) is 25.6. The Morgan fingerprint density at radius 3 is 2.48 bits per heavy atom. The molecule has 5 N–H and O–H groups in total. The number of aliphatic carboxylic acids is 1. The summed E-state index contributed by atoms with van der Waals surface area (Å²) < 4.78 is 15.9. The number of urea groups is 1. The molecule has 2 heterocycles. The van der Waals surface area contributed by atoms with E-state index in [9.17, 15) is 29.1 Å². The second-order valence-corrected chi connectivity index (χ2v) is 11.0. The van der Waals surface area contributed by atoms with Crippen LogP contribution < -0.4 is 30.7 Å². The van der Waals surface area contributed by atoms with E-state index in [0.717, 1.165) is 12.0 Å². The molecule has 0 unspecified atom stereocenters. The Labute approximate surface area is 267 Å². The third-order valence-electron chi connectivity index (χ3n) is 7.58. The van der Waals surface area contributed by atoms with Crippen LogP contribution in [0.2, 0.25) is 0 Å². The van der Waals surface area contributed by atoms with Gasteiger partial charge in [0.05, 0.1) is 12.5 Å². The van der Waals surface area contributed by atoms with Gasteiger partial charge < -0.3 is 45.5 Å². The Kier molecular flexibility index (Phi) is 12.9. The molecule has 1 saturated heterocycles. The van der Waals surface area contributed by atoms with Crippen LogP contribution in [0, 0.1) is 0 Å². The average Bonchev–Trinajstić information content (AvgIpc) is 3.69. The minimum absolute atomic E-state index is 0.0474. The Balaban J connectivity index is 1.28. The van der Waals surface area contributed by atoms with Gasteiger partial charge >= 0.3 is 18.1 Å². The molecule has 248 valence electrons. The highest BCUT2D eigenvalue weighted by Crippen LogP contribution is 2.34. The Morgan fingerprint density at radius 1 is 0.935 bits per heavy atom.